The largest absolute Gasteiger partial charge is 0.349 e. The minimum absolute atomic E-state index is 0.209. The number of carbonyl (C=O) groups excluding carboxylic acids is 1. The topological polar surface area (TPSA) is 29.1 Å². The summed E-state index contributed by atoms with van der Waals surface area (Å²) >= 11 is 0. The van der Waals surface area contributed by atoms with Crippen LogP contribution in [0.15, 0.2) is 30.3 Å². The van der Waals surface area contributed by atoms with Gasteiger partial charge in [0, 0.05) is 6.42 Å². The fourth-order valence-corrected chi connectivity index (χ4v) is 3.18. The second-order valence-corrected chi connectivity index (χ2v) is 5.96. The summed E-state index contributed by atoms with van der Waals surface area (Å²) in [5, 5.41) is 3.30. The Kier molecular flexibility index (Phi) is 6.10. The molecule has 0 bridgehead atoms. The van der Waals surface area contributed by atoms with E-state index in [-0.39, 0.29) is 11.9 Å². The molecule has 1 N–H and O–H groups in total. The van der Waals surface area contributed by atoms with Crippen molar-refractivity contribution in [3.05, 3.63) is 35.9 Å². The van der Waals surface area contributed by atoms with Crippen molar-refractivity contribution in [3.8, 4) is 0 Å². The molecule has 1 aromatic rings. The average Bonchev–Trinajstić information content (AvgIpc) is 2.52. The molecule has 0 saturated heterocycles. The lowest BCUT2D eigenvalue weighted by molar-refractivity contribution is -0.122. The number of hydrogen-bond acceptors (Lipinski definition) is 1. The van der Waals surface area contributed by atoms with E-state index in [0.717, 1.165) is 12.8 Å². The predicted molar refractivity (Wildman–Crippen MR) is 83.4 cm³/mol. The van der Waals surface area contributed by atoms with Gasteiger partial charge in [0.15, 0.2) is 0 Å². The molecular weight excluding hydrogens is 246 g/mol. The van der Waals surface area contributed by atoms with E-state index in [1.807, 2.05) is 6.07 Å². The van der Waals surface area contributed by atoms with Crippen molar-refractivity contribution >= 4 is 5.91 Å². The summed E-state index contributed by atoms with van der Waals surface area (Å²) < 4.78 is 0. The first-order valence-electron chi connectivity index (χ1n) is 8.15. The Morgan fingerprint density at radius 2 is 1.90 bits per heavy atom. The minimum Gasteiger partial charge on any atom is -0.349 e. The molecule has 110 valence electrons. The number of nitrogens with one attached hydrogen (secondary N) is 1. The summed E-state index contributed by atoms with van der Waals surface area (Å²) in [6, 6.07) is 10.7. The molecule has 1 aromatic carbocycles. The van der Waals surface area contributed by atoms with Crippen LogP contribution in [0.25, 0.3) is 0 Å². The Bertz CT molecular complexity index is 395. The third-order valence-electron chi connectivity index (χ3n) is 4.35. The van der Waals surface area contributed by atoms with E-state index >= 15 is 0 Å². The standard InChI is InChI=1S/C18H27NO/c1-2-3-14-17(20)19-18(15-10-6-4-7-11-15)16-12-8-5-9-13-16/h4,6-7,10-11,16,18H,2-3,5,8-9,12-14H2,1H3,(H,19,20). The third kappa shape index (κ3) is 4.36. The lowest BCUT2D eigenvalue weighted by atomic mass is 9.81. The molecule has 0 radical (unpaired) electrons. The van der Waals surface area contributed by atoms with Crippen LogP contribution in [0.3, 0.4) is 0 Å². The first-order chi connectivity index (χ1) is 9.81. The van der Waals surface area contributed by atoms with Gasteiger partial charge in [0.05, 0.1) is 6.04 Å². The van der Waals surface area contributed by atoms with Crippen LogP contribution in [0.5, 0.6) is 0 Å². The highest BCUT2D eigenvalue weighted by atomic mass is 16.1. The van der Waals surface area contributed by atoms with Crippen LogP contribution >= 0.6 is 0 Å². The highest BCUT2D eigenvalue weighted by molar-refractivity contribution is 5.76. The number of amides is 1. The van der Waals surface area contributed by atoms with Crippen molar-refractivity contribution in [2.75, 3.05) is 0 Å². The van der Waals surface area contributed by atoms with Crippen molar-refractivity contribution in [2.24, 2.45) is 5.92 Å². The molecule has 1 aliphatic rings. The van der Waals surface area contributed by atoms with Gasteiger partial charge in [-0.25, -0.2) is 0 Å². The van der Waals surface area contributed by atoms with E-state index in [1.54, 1.807) is 0 Å². The first kappa shape index (κ1) is 15.1. The van der Waals surface area contributed by atoms with Crippen molar-refractivity contribution in [3.63, 3.8) is 0 Å². The predicted octanol–water partition coefficient (Wildman–Crippen LogP) is 4.61. The second kappa shape index (κ2) is 8.08. The van der Waals surface area contributed by atoms with E-state index < -0.39 is 0 Å². The zero-order valence-corrected chi connectivity index (χ0v) is 12.6. The molecule has 2 rings (SSSR count). The van der Waals surface area contributed by atoms with Gasteiger partial charge in [0.2, 0.25) is 5.91 Å². The fraction of sp³-hybridized carbons (Fsp3) is 0.611. The highest BCUT2D eigenvalue weighted by Crippen LogP contribution is 2.34. The van der Waals surface area contributed by atoms with Crippen LogP contribution in [0.2, 0.25) is 0 Å². The van der Waals surface area contributed by atoms with E-state index in [4.69, 9.17) is 0 Å². The molecule has 1 fully saturated rings. The van der Waals surface area contributed by atoms with Crippen molar-refractivity contribution in [1.29, 1.82) is 0 Å². The summed E-state index contributed by atoms with van der Waals surface area (Å²) in [6.07, 6.45) is 9.16. The molecule has 1 aliphatic carbocycles. The quantitative estimate of drug-likeness (QED) is 0.805. The van der Waals surface area contributed by atoms with Gasteiger partial charge < -0.3 is 5.32 Å². The van der Waals surface area contributed by atoms with Crippen molar-refractivity contribution in [1.82, 2.24) is 5.32 Å². The van der Waals surface area contributed by atoms with E-state index in [2.05, 4.69) is 36.5 Å². The molecule has 2 nitrogen and oxygen atoms in total. The molecule has 1 atom stereocenters. The lowest BCUT2D eigenvalue weighted by Crippen LogP contribution is -2.34. The summed E-state index contributed by atoms with van der Waals surface area (Å²) in [7, 11) is 0. The van der Waals surface area contributed by atoms with Gasteiger partial charge in [-0.15, -0.1) is 0 Å². The maximum absolute atomic E-state index is 12.1. The van der Waals surface area contributed by atoms with Gasteiger partial charge in [0.1, 0.15) is 0 Å². The monoisotopic (exact) mass is 273 g/mol. The van der Waals surface area contributed by atoms with Gasteiger partial charge in [-0.1, -0.05) is 62.9 Å². The summed E-state index contributed by atoms with van der Waals surface area (Å²) in [5.41, 5.74) is 1.27. The smallest absolute Gasteiger partial charge is 0.220 e. The van der Waals surface area contributed by atoms with Gasteiger partial charge >= 0.3 is 0 Å². The molecule has 1 saturated carbocycles. The fourth-order valence-electron chi connectivity index (χ4n) is 3.18. The van der Waals surface area contributed by atoms with E-state index in [9.17, 15) is 4.79 Å². The number of hydrogen-bond donors (Lipinski definition) is 1. The van der Waals surface area contributed by atoms with Crippen LogP contribution in [-0.2, 0) is 4.79 Å². The van der Waals surface area contributed by atoms with Crippen LogP contribution < -0.4 is 5.32 Å². The van der Waals surface area contributed by atoms with Crippen molar-refractivity contribution < 1.29 is 4.79 Å². The number of rotatable bonds is 6. The zero-order valence-electron chi connectivity index (χ0n) is 12.6. The average molecular weight is 273 g/mol. The third-order valence-corrected chi connectivity index (χ3v) is 4.35. The molecule has 2 heteroatoms. The van der Waals surface area contributed by atoms with Crippen LogP contribution in [0.4, 0.5) is 0 Å². The Hall–Kier alpha value is -1.31. The number of unbranched alkanes of at least 4 members (excludes halogenated alkanes) is 1. The SMILES string of the molecule is CCCCC(=O)NC(c1ccccc1)C1CCCCC1. The Morgan fingerprint density at radius 1 is 1.20 bits per heavy atom. The minimum atomic E-state index is 0.209. The van der Waals surface area contributed by atoms with E-state index in [1.165, 1.54) is 37.7 Å². The number of benzene rings is 1. The summed E-state index contributed by atoms with van der Waals surface area (Å²) in [5.74, 6) is 0.822. The second-order valence-electron chi connectivity index (χ2n) is 5.96. The molecule has 0 heterocycles. The summed E-state index contributed by atoms with van der Waals surface area (Å²) in [4.78, 5) is 12.1. The Balaban J connectivity index is 2.05. The highest BCUT2D eigenvalue weighted by Gasteiger charge is 2.26. The zero-order chi connectivity index (χ0) is 14.2. The number of carbonyl (C=O) groups is 1. The maximum atomic E-state index is 12.1. The molecule has 20 heavy (non-hydrogen) atoms. The normalized spacial score (nSPS) is 17.6. The van der Waals surface area contributed by atoms with Gasteiger partial charge in [-0.3, -0.25) is 4.79 Å². The van der Waals surface area contributed by atoms with Gasteiger partial charge in [0.25, 0.3) is 0 Å². The van der Waals surface area contributed by atoms with Gasteiger partial charge in [-0.05, 0) is 30.7 Å². The van der Waals surface area contributed by atoms with Gasteiger partial charge in [-0.2, -0.15) is 0 Å². The molecular formula is C18H27NO. The van der Waals surface area contributed by atoms with Crippen LogP contribution in [0, 0.1) is 5.92 Å². The Morgan fingerprint density at radius 3 is 2.55 bits per heavy atom. The molecule has 1 unspecified atom stereocenters. The van der Waals surface area contributed by atoms with Crippen LogP contribution in [0.1, 0.15) is 69.9 Å². The van der Waals surface area contributed by atoms with E-state index in [0.29, 0.717) is 12.3 Å². The maximum Gasteiger partial charge on any atom is 0.220 e. The molecule has 0 aromatic heterocycles. The molecule has 0 aliphatic heterocycles. The molecule has 1 amide bonds. The summed E-state index contributed by atoms with van der Waals surface area (Å²) in [6.45, 7) is 2.13. The lowest BCUT2D eigenvalue weighted by Gasteiger charge is -2.31. The first-order valence-corrected chi connectivity index (χ1v) is 8.15. The van der Waals surface area contributed by atoms with Crippen molar-refractivity contribution in [2.45, 2.75) is 64.3 Å². The van der Waals surface area contributed by atoms with Crippen LogP contribution in [-0.4, -0.2) is 5.91 Å². The molecule has 0 spiro atoms. The Labute approximate surface area is 123 Å².